The van der Waals surface area contributed by atoms with Crippen molar-refractivity contribution < 1.29 is 29.0 Å². The molecule has 0 aliphatic carbocycles. The van der Waals surface area contributed by atoms with Gasteiger partial charge < -0.3 is 24.4 Å². The fourth-order valence-electron chi connectivity index (χ4n) is 3.54. The number of fused-ring (bicyclic) bond motifs is 1. The molecule has 0 saturated carbocycles. The molecule has 1 N–H and O–H groups in total. The van der Waals surface area contributed by atoms with Crippen molar-refractivity contribution in [2.24, 2.45) is 0 Å². The van der Waals surface area contributed by atoms with Gasteiger partial charge in [-0.05, 0) is 48.9 Å². The first-order chi connectivity index (χ1) is 13.9. The lowest BCUT2D eigenvalue weighted by atomic mass is 10.0. The molecule has 29 heavy (non-hydrogen) atoms. The molecule has 8 nitrogen and oxygen atoms in total. The minimum absolute atomic E-state index is 0.0879. The van der Waals surface area contributed by atoms with E-state index >= 15 is 0 Å². The average Bonchev–Trinajstić information content (AvgIpc) is 3.20. The van der Waals surface area contributed by atoms with Crippen LogP contribution in [0.3, 0.4) is 0 Å². The molecule has 0 bridgehead atoms. The van der Waals surface area contributed by atoms with Gasteiger partial charge in [-0.3, -0.25) is 9.59 Å². The summed E-state index contributed by atoms with van der Waals surface area (Å²) in [6, 6.07) is 9.69. The van der Waals surface area contributed by atoms with Gasteiger partial charge in [0.1, 0.15) is 0 Å². The predicted molar refractivity (Wildman–Crippen MR) is 103 cm³/mol. The van der Waals surface area contributed by atoms with Crippen molar-refractivity contribution in [3.63, 3.8) is 0 Å². The number of amides is 2. The van der Waals surface area contributed by atoms with Crippen molar-refractivity contribution >= 4 is 17.8 Å². The maximum atomic E-state index is 12.8. The first kappa shape index (κ1) is 18.8. The van der Waals surface area contributed by atoms with Gasteiger partial charge in [0.15, 0.2) is 11.5 Å². The summed E-state index contributed by atoms with van der Waals surface area (Å²) in [6.45, 7) is 3.46. The van der Waals surface area contributed by atoms with Crippen LogP contribution in [0.15, 0.2) is 36.4 Å². The molecule has 0 radical (unpaired) electrons. The van der Waals surface area contributed by atoms with Crippen molar-refractivity contribution in [1.82, 2.24) is 9.80 Å². The van der Waals surface area contributed by atoms with Crippen LogP contribution in [-0.2, 0) is 0 Å². The number of aryl methyl sites for hydroxylation is 1. The standard InChI is InChI=1S/C21H20N2O6/c1-13-8-15(10-16(9-13)21(26)27)20(25)23-6-4-22(5-7-23)19(24)14-2-3-17-18(11-14)29-12-28-17/h2-3,8-11H,4-7,12H2,1H3,(H,26,27). The second kappa shape index (κ2) is 7.46. The molecule has 4 rings (SSSR count). The van der Waals surface area contributed by atoms with E-state index < -0.39 is 5.97 Å². The number of aromatic carboxylic acids is 1. The van der Waals surface area contributed by atoms with E-state index in [0.717, 1.165) is 0 Å². The Morgan fingerprint density at radius 3 is 2.03 bits per heavy atom. The third-order valence-electron chi connectivity index (χ3n) is 5.04. The molecule has 2 heterocycles. The van der Waals surface area contributed by atoms with E-state index in [2.05, 4.69) is 0 Å². The highest BCUT2D eigenvalue weighted by Gasteiger charge is 2.27. The van der Waals surface area contributed by atoms with Crippen molar-refractivity contribution in [3.8, 4) is 11.5 Å². The molecule has 0 spiro atoms. The monoisotopic (exact) mass is 396 g/mol. The fraction of sp³-hybridized carbons (Fsp3) is 0.286. The molecular weight excluding hydrogens is 376 g/mol. The van der Waals surface area contributed by atoms with Crippen LogP contribution in [0.2, 0.25) is 0 Å². The maximum Gasteiger partial charge on any atom is 0.335 e. The second-order valence-corrected chi connectivity index (χ2v) is 7.05. The molecule has 0 atom stereocenters. The number of carbonyl (C=O) groups is 3. The van der Waals surface area contributed by atoms with Crippen LogP contribution in [-0.4, -0.2) is 65.7 Å². The van der Waals surface area contributed by atoms with Crippen molar-refractivity contribution in [3.05, 3.63) is 58.7 Å². The van der Waals surface area contributed by atoms with Crippen molar-refractivity contribution in [2.75, 3.05) is 33.0 Å². The lowest BCUT2D eigenvalue weighted by Gasteiger charge is -2.35. The normalized spacial score (nSPS) is 15.3. The van der Waals surface area contributed by atoms with Gasteiger partial charge in [0.05, 0.1) is 5.56 Å². The Labute approximate surface area is 167 Å². The van der Waals surface area contributed by atoms with Crippen LogP contribution in [0.4, 0.5) is 0 Å². The molecule has 2 aromatic carbocycles. The number of hydrogen-bond donors (Lipinski definition) is 1. The predicted octanol–water partition coefficient (Wildman–Crippen LogP) is 2.02. The average molecular weight is 396 g/mol. The van der Waals surface area contributed by atoms with Gasteiger partial charge in [0.25, 0.3) is 11.8 Å². The summed E-state index contributed by atoms with van der Waals surface area (Å²) in [5.41, 5.74) is 1.66. The highest BCUT2D eigenvalue weighted by atomic mass is 16.7. The number of piperazine rings is 1. The van der Waals surface area contributed by atoms with Crippen LogP contribution in [0.5, 0.6) is 11.5 Å². The van der Waals surface area contributed by atoms with E-state index in [4.69, 9.17) is 9.47 Å². The van der Waals surface area contributed by atoms with Gasteiger partial charge in [0.2, 0.25) is 6.79 Å². The van der Waals surface area contributed by atoms with Crippen LogP contribution in [0, 0.1) is 6.92 Å². The molecule has 8 heteroatoms. The number of ether oxygens (including phenoxy) is 2. The lowest BCUT2D eigenvalue weighted by Crippen LogP contribution is -2.50. The quantitative estimate of drug-likeness (QED) is 0.853. The minimum Gasteiger partial charge on any atom is -0.478 e. The van der Waals surface area contributed by atoms with Crippen molar-refractivity contribution in [1.29, 1.82) is 0 Å². The van der Waals surface area contributed by atoms with E-state index in [1.165, 1.54) is 12.1 Å². The molecule has 1 saturated heterocycles. The molecular formula is C21H20N2O6. The summed E-state index contributed by atoms with van der Waals surface area (Å²) in [6.07, 6.45) is 0. The molecule has 2 aromatic rings. The van der Waals surface area contributed by atoms with Crippen LogP contribution < -0.4 is 9.47 Å². The van der Waals surface area contributed by atoms with Gasteiger partial charge in [-0.15, -0.1) is 0 Å². The number of carboxylic acid groups (broad SMARTS) is 1. The summed E-state index contributed by atoms with van der Waals surface area (Å²) in [5, 5.41) is 9.20. The summed E-state index contributed by atoms with van der Waals surface area (Å²) >= 11 is 0. The summed E-state index contributed by atoms with van der Waals surface area (Å²) in [4.78, 5) is 40.2. The fourth-order valence-corrected chi connectivity index (χ4v) is 3.54. The summed E-state index contributed by atoms with van der Waals surface area (Å²) in [7, 11) is 0. The number of carboxylic acids is 1. The van der Waals surface area contributed by atoms with Crippen LogP contribution >= 0.6 is 0 Å². The first-order valence-corrected chi connectivity index (χ1v) is 9.25. The number of carbonyl (C=O) groups excluding carboxylic acids is 2. The highest BCUT2D eigenvalue weighted by molar-refractivity contribution is 5.98. The molecule has 1 fully saturated rings. The van der Waals surface area contributed by atoms with E-state index in [-0.39, 0.29) is 24.2 Å². The maximum absolute atomic E-state index is 12.8. The Bertz CT molecular complexity index is 995. The number of benzene rings is 2. The molecule has 150 valence electrons. The van der Waals surface area contributed by atoms with Crippen molar-refractivity contribution in [2.45, 2.75) is 6.92 Å². The summed E-state index contributed by atoms with van der Waals surface area (Å²) < 4.78 is 10.6. The zero-order valence-corrected chi connectivity index (χ0v) is 15.9. The highest BCUT2D eigenvalue weighted by Crippen LogP contribution is 2.32. The molecule has 2 aliphatic heterocycles. The van der Waals surface area contributed by atoms with Gasteiger partial charge in [-0.25, -0.2) is 4.79 Å². The zero-order chi connectivity index (χ0) is 20.5. The first-order valence-electron chi connectivity index (χ1n) is 9.25. The third-order valence-corrected chi connectivity index (χ3v) is 5.04. The molecule has 0 aromatic heterocycles. The number of hydrogen-bond acceptors (Lipinski definition) is 5. The second-order valence-electron chi connectivity index (χ2n) is 7.05. The lowest BCUT2D eigenvalue weighted by molar-refractivity contribution is 0.0535. The van der Waals surface area contributed by atoms with Gasteiger partial charge in [-0.1, -0.05) is 0 Å². The number of nitrogens with zero attached hydrogens (tertiary/aromatic N) is 2. The third kappa shape index (κ3) is 3.73. The van der Waals surface area contributed by atoms with E-state index in [1.54, 1.807) is 41.0 Å². The zero-order valence-electron chi connectivity index (χ0n) is 15.9. The number of rotatable bonds is 3. The van der Waals surface area contributed by atoms with E-state index in [0.29, 0.717) is 54.4 Å². The van der Waals surface area contributed by atoms with Gasteiger partial charge in [0, 0.05) is 37.3 Å². The van der Waals surface area contributed by atoms with E-state index in [9.17, 15) is 19.5 Å². The smallest absolute Gasteiger partial charge is 0.335 e. The van der Waals surface area contributed by atoms with Crippen LogP contribution in [0.25, 0.3) is 0 Å². The Morgan fingerprint density at radius 2 is 1.38 bits per heavy atom. The Hall–Kier alpha value is -3.55. The summed E-state index contributed by atoms with van der Waals surface area (Å²) in [5.74, 6) is -0.249. The van der Waals surface area contributed by atoms with Gasteiger partial charge in [-0.2, -0.15) is 0 Å². The van der Waals surface area contributed by atoms with Crippen LogP contribution in [0.1, 0.15) is 36.6 Å². The Morgan fingerprint density at radius 1 is 0.793 bits per heavy atom. The topological polar surface area (TPSA) is 96.4 Å². The molecule has 0 unspecified atom stereocenters. The Kier molecular flexibility index (Phi) is 4.84. The van der Waals surface area contributed by atoms with E-state index in [1.807, 2.05) is 0 Å². The minimum atomic E-state index is -1.07. The van der Waals surface area contributed by atoms with Gasteiger partial charge >= 0.3 is 5.97 Å². The largest absolute Gasteiger partial charge is 0.478 e. The molecule has 2 aliphatic rings. The molecule has 2 amide bonds. The Balaban J connectivity index is 1.42. The SMILES string of the molecule is Cc1cc(C(=O)O)cc(C(=O)N2CCN(C(=O)c3ccc4c(c3)OCO4)CC2)c1.